The van der Waals surface area contributed by atoms with Crippen LogP contribution in [-0.4, -0.2) is 41.8 Å². The summed E-state index contributed by atoms with van der Waals surface area (Å²) in [6.45, 7) is 0.719. The number of nitrogens with zero attached hydrogens (tertiary/aromatic N) is 2. The molecule has 1 amide bonds. The number of aryl methyl sites for hydroxylation is 3. The predicted octanol–water partition coefficient (Wildman–Crippen LogP) is 2.67. The van der Waals surface area contributed by atoms with Gasteiger partial charge in [0, 0.05) is 25.8 Å². The average molecular weight is 363 g/mol. The van der Waals surface area contributed by atoms with Crippen molar-refractivity contribution in [3.63, 3.8) is 0 Å². The van der Waals surface area contributed by atoms with Crippen molar-refractivity contribution in [3.05, 3.63) is 41.6 Å². The molecule has 1 heterocycles. The fourth-order valence-corrected chi connectivity index (χ4v) is 2.72. The maximum absolute atomic E-state index is 11.7. The number of methoxy groups -OCH3 is 1. The summed E-state index contributed by atoms with van der Waals surface area (Å²) >= 11 is 1.78. The molecule has 0 saturated heterocycles. The molecule has 2 aromatic rings. The lowest BCUT2D eigenvalue weighted by Gasteiger charge is -2.03. The second-order valence-corrected chi connectivity index (χ2v) is 6.62. The molecule has 0 aliphatic heterocycles. The zero-order valence-corrected chi connectivity index (χ0v) is 15.6. The summed E-state index contributed by atoms with van der Waals surface area (Å²) in [5, 5.41) is 11.0. The molecular weight excluding hydrogens is 338 g/mol. The first kappa shape index (κ1) is 19.3. The van der Waals surface area contributed by atoms with Crippen LogP contribution in [0.5, 0.6) is 5.75 Å². The number of carbonyl (C=O) groups excluding carboxylic acids is 1. The van der Waals surface area contributed by atoms with Gasteiger partial charge >= 0.3 is 0 Å². The minimum Gasteiger partial charge on any atom is -0.497 e. The number of thioether (sulfide) groups is 1. The second kappa shape index (κ2) is 10.8. The molecule has 0 radical (unpaired) electrons. The van der Waals surface area contributed by atoms with Crippen molar-refractivity contribution in [2.75, 3.05) is 25.7 Å². The molecule has 6 nitrogen and oxygen atoms in total. The number of aromatic nitrogens is 2. The summed E-state index contributed by atoms with van der Waals surface area (Å²) in [6, 6.07) is 7.92. The first-order chi connectivity index (χ1) is 12.2. The van der Waals surface area contributed by atoms with Gasteiger partial charge in [-0.15, -0.1) is 10.2 Å². The minimum absolute atomic E-state index is 0.0269. The number of hydrogen-bond donors (Lipinski definition) is 1. The molecule has 0 unspecified atom stereocenters. The van der Waals surface area contributed by atoms with Crippen molar-refractivity contribution in [2.45, 2.75) is 32.1 Å². The highest BCUT2D eigenvalue weighted by molar-refractivity contribution is 7.98. The van der Waals surface area contributed by atoms with Gasteiger partial charge in [-0.05, 0) is 42.5 Å². The third-order valence-electron chi connectivity index (χ3n) is 3.71. The van der Waals surface area contributed by atoms with Crippen LogP contribution in [0, 0.1) is 0 Å². The summed E-state index contributed by atoms with van der Waals surface area (Å²) < 4.78 is 10.8. The molecule has 0 atom stereocenters. The molecule has 136 valence electrons. The molecule has 2 rings (SSSR count). The van der Waals surface area contributed by atoms with E-state index >= 15 is 0 Å². The van der Waals surface area contributed by atoms with E-state index < -0.39 is 0 Å². The van der Waals surface area contributed by atoms with E-state index in [4.69, 9.17) is 9.15 Å². The zero-order valence-electron chi connectivity index (χ0n) is 14.8. The Labute approximate surface area is 152 Å². The van der Waals surface area contributed by atoms with Crippen LogP contribution in [-0.2, 0) is 24.1 Å². The van der Waals surface area contributed by atoms with E-state index in [1.807, 2.05) is 24.3 Å². The number of hydrogen-bond acceptors (Lipinski definition) is 6. The van der Waals surface area contributed by atoms with Crippen LogP contribution in [0.2, 0.25) is 0 Å². The molecule has 1 N–H and O–H groups in total. The lowest BCUT2D eigenvalue weighted by Crippen LogP contribution is -2.25. The Bertz CT molecular complexity index is 643. The van der Waals surface area contributed by atoms with Crippen molar-refractivity contribution in [1.82, 2.24) is 15.5 Å². The van der Waals surface area contributed by atoms with Crippen molar-refractivity contribution in [1.29, 1.82) is 0 Å². The van der Waals surface area contributed by atoms with Gasteiger partial charge in [-0.2, -0.15) is 11.8 Å². The number of benzene rings is 1. The van der Waals surface area contributed by atoms with Gasteiger partial charge in [0.15, 0.2) is 0 Å². The predicted molar refractivity (Wildman–Crippen MR) is 99.0 cm³/mol. The Balaban J connectivity index is 1.69. The largest absolute Gasteiger partial charge is 0.497 e. The third-order valence-corrected chi connectivity index (χ3v) is 4.41. The maximum atomic E-state index is 11.7. The topological polar surface area (TPSA) is 77.2 Å². The molecule has 0 saturated carbocycles. The van der Waals surface area contributed by atoms with Crippen LogP contribution in [0.1, 0.15) is 30.2 Å². The van der Waals surface area contributed by atoms with Crippen molar-refractivity contribution in [3.8, 4) is 5.75 Å². The van der Waals surface area contributed by atoms with Gasteiger partial charge < -0.3 is 14.5 Å². The fourth-order valence-electron chi connectivity index (χ4n) is 2.29. The Morgan fingerprint density at radius 1 is 1.16 bits per heavy atom. The molecule has 1 aromatic heterocycles. The number of ether oxygens (including phenoxy) is 1. The van der Waals surface area contributed by atoms with E-state index in [0.29, 0.717) is 31.0 Å². The van der Waals surface area contributed by atoms with Gasteiger partial charge in [-0.25, -0.2) is 0 Å². The fraction of sp³-hybridized carbons (Fsp3) is 0.500. The standard InChI is InChI=1S/C18H25N3O3S/c1-23-15-7-4-14(5-8-15)6-10-17-20-21-18(24-17)11-9-16(22)19-12-3-13-25-2/h4-5,7-8H,3,6,9-13H2,1-2H3,(H,19,22). The van der Waals surface area contributed by atoms with Crippen LogP contribution in [0.15, 0.2) is 28.7 Å². The quantitative estimate of drug-likeness (QED) is 0.619. The van der Waals surface area contributed by atoms with E-state index in [2.05, 4.69) is 21.8 Å². The summed E-state index contributed by atoms with van der Waals surface area (Å²) in [5.74, 6) is 3.05. The molecule has 25 heavy (non-hydrogen) atoms. The van der Waals surface area contributed by atoms with E-state index in [1.165, 1.54) is 5.56 Å². The zero-order chi connectivity index (χ0) is 17.9. The number of carbonyl (C=O) groups is 1. The van der Waals surface area contributed by atoms with E-state index in [-0.39, 0.29) is 5.91 Å². The highest BCUT2D eigenvalue weighted by atomic mass is 32.2. The smallest absolute Gasteiger partial charge is 0.220 e. The normalized spacial score (nSPS) is 10.6. The summed E-state index contributed by atoms with van der Waals surface area (Å²) in [6.07, 6.45) is 5.40. The Kier molecular flexibility index (Phi) is 8.31. The van der Waals surface area contributed by atoms with Crippen LogP contribution in [0.4, 0.5) is 0 Å². The summed E-state index contributed by atoms with van der Waals surface area (Å²) in [5.41, 5.74) is 1.19. The maximum Gasteiger partial charge on any atom is 0.220 e. The first-order valence-electron chi connectivity index (χ1n) is 8.41. The number of amides is 1. The van der Waals surface area contributed by atoms with Crippen molar-refractivity contribution in [2.24, 2.45) is 0 Å². The van der Waals surface area contributed by atoms with Crippen molar-refractivity contribution < 1.29 is 13.9 Å². The monoisotopic (exact) mass is 363 g/mol. The summed E-state index contributed by atoms with van der Waals surface area (Å²) in [7, 11) is 1.65. The van der Waals surface area contributed by atoms with Gasteiger partial charge in [-0.3, -0.25) is 4.79 Å². The third kappa shape index (κ3) is 7.17. The molecule has 1 aromatic carbocycles. The van der Waals surface area contributed by atoms with Crippen molar-refractivity contribution >= 4 is 17.7 Å². The van der Waals surface area contributed by atoms with Gasteiger partial charge in [0.1, 0.15) is 5.75 Å². The van der Waals surface area contributed by atoms with Gasteiger partial charge in [0.25, 0.3) is 0 Å². The van der Waals surface area contributed by atoms with E-state index in [1.54, 1.807) is 18.9 Å². The lowest BCUT2D eigenvalue weighted by atomic mass is 10.1. The highest BCUT2D eigenvalue weighted by Crippen LogP contribution is 2.13. The molecule has 0 aliphatic rings. The van der Waals surface area contributed by atoms with Crippen LogP contribution >= 0.6 is 11.8 Å². The van der Waals surface area contributed by atoms with Gasteiger partial charge in [0.05, 0.1) is 7.11 Å². The Morgan fingerprint density at radius 2 is 1.88 bits per heavy atom. The molecule has 0 bridgehead atoms. The molecule has 0 spiro atoms. The lowest BCUT2D eigenvalue weighted by molar-refractivity contribution is -0.121. The summed E-state index contributed by atoms with van der Waals surface area (Å²) in [4.78, 5) is 11.7. The van der Waals surface area contributed by atoms with Crippen LogP contribution in [0.25, 0.3) is 0 Å². The van der Waals surface area contributed by atoms with Gasteiger partial charge in [0.2, 0.25) is 17.7 Å². The van der Waals surface area contributed by atoms with E-state index in [0.717, 1.165) is 30.9 Å². The molecular formula is C18H25N3O3S. The Hall–Kier alpha value is -2.02. The second-order valence-electron chi connectivity index (χ2n) is 5.63. The molecule has 7 heteroatoms. The number of rotatable bonds is 11. The number of nitrogens with one attached hydrogen (secondary N) is 1. The van der Waals surface area contributed by atoms with E-state index in [9.17, 15) is 4.79 Å². The van der Waals surface area contributed by atoms with Crippen LogP contribution < -0.4 is 10.1 Å². The SMILES string of the molecule is COc1ccc(CCc2nnc(CCC(=O)NCCCSC)o2)cc1. The minimum atomic E-state index is 0.0269. The highest BCUT2D eigenvalue weighted by Gasteiger charge is 2.09. The van der Waals surface area contributed by atoms with Crippen LogP contribution in [0.3, 0.4) is 0 Å². The molecule has 0 fully saturated rings. The molecule has 0 aliphatic carbocycles. The Morgan fingerprint density at radius 3 is 2.56 bits per heavy atom. The first-order valence-corrected chi connectivity index (χ1v) is 9.80. The van der Waals surface area contributed by atoms with Gasteiger partial charge in [-0.1, -0.05) is 12.1 Å². The average Bonchev–Trinajstić information content (AvgIpc) is 3.10.